The van der Waals surface area contributed by atoms with E-state index in [-0.39, 0.29) is 0 Å². The second-order valence-electron chi connectivity index (χ2n) is 17.6. The zero-order valence-corrected chi connectivity index (χ0v) is 34.0. The summed E-state index contributed by atoms with van der Waals surface area (Å²) in [6.07, 6.45) is 21.1. The monoisotopic (exact) mass is 792 g/mol. The van der Waals surface area contributed by atoms with Crippen molar-refractivity contribution in [2.75, 3.05) is 0 Å². The van der Waals surface area contributed by atoms with Gasteiger partial charge in [-0.3, -0.25) is 0 Å². The van der Waals surface area contributed by atoms with Crippen molar-refractivity contribution in [3.8, 4) is 22.3 Å². The molecule has 0 bridgehead atoms. The van der Waals surface area contributed by atoms with Gasteiger partial charge in [0.15, 0.2) is 0 Å². The molecule has 4 aromatic carbocycles. The van der Waals surface area contributed by atoms with Crippen molar-refractivity contribution in [2.45, 2.75) is 90.3 Å². The molecule has 0 radical (unpaired) electrons. The van der Waals surface area contributed by atoms with Gasteiger partial charge >= 0.3 is 277 Å². The average molecular weight is 792 g/mol. The van der Waals surface area contributed by atoms with Gasteiger partial charge in [0.25, 0.3) is 0 Å². The standard InChI is InChI=1S/2C15H11.2C6H13.2CH3.Hf.H2Si/c2*1-2-6-12(7-3-1)14-10-4-8-13-9-5-11-15(13)14;2*1-3-5-6-4-2;;;;/h2*1-11H;2*1,3-6H2,2H3;2*1H3;;1H2. The molecule has 2 unspecified atom stereocenters. The number of hydrogen-bond acceptors (Lipinski definition) is 0. The first-order chi connectivity index (χ1) is 22.1. The van der Waals surface area contributed by atoms with Gasteiger partial charge < -0.3 is 0 Å². The van der Waals surface area contributed by atoms with Gasteiger partial charge in [-0.2, -0.15) is 0 Å². The Bertz CT molecular complexity index is 1770. The molecular formula is C44H56HfSi. The topological polar surface area (TPSA) is 0 Å². The molecule has 0 spiro atoms. The van der Waals surface area contributed by atoms with E-state index in [1.807, 2.05) is 0 Å². The molecule has 0 saturated carbocycles. The zero-order chi connectivity index (χ0) is 32.4. The summed E-state index contributed by atoms with van der Waals surface area (Å²) in [6.45, 7) is 7.33. The fourth-order valence-electron chi connectivity index (χ4n) is 10.4. The quantitative estimate of drug-likeness (QED) is 0.0881. The first kappa shape index (κ1) is 33.4. The normalized spacial score (nSPS) is 19.2. The summed E-state index contributed by atoms with van der Waals surface area (Å²) in [4.78, 5) is 0. The van der Waals surface area contributed by atoms with Crippen molar-refractivity contribution in [1.29, 1.82) is 0 Å². The van der Waals surface area contributed by atoms with Crippen LogP contribution in [-0.4, -0.2) is 6.94 Å². The molecule has 2 aliphatic rings. The van der Waals surface area contributed by atoms with Crippen LogP contribution in [0.2, 0.25) is 17.7 Å². The van der Waals surface area contributed by atoms with Crippen molar-refractivity contribution in [1.82, 2.24) is 0 Å². The van der Waals surface area contributed by atoms with Gasteiger partial charge in [-0.05, 0) is 0 Å². The molecule has 0 aliphatic heterocycles. The van der Waals surface area contributed by atoms with E-state index in [1.165, 1.54) is 93.1 Å². The molecule has 0 amide bonds. The molecule has 46 heavy (non-hydrogen) atoms. The van der Waals surface area contributed by atoms with Crippen LogP contribution in [0.4, 0.5) is 0 Å². The first-order valence-electron chi connectivity index (χ1n) is 18.3. The molecule has 0 fully saturated rings. The predicted octanol–water partition coefficient (Wildman–Crippen LogP) is 13.3. The van der Waals surface area contributed by atoms with Crippen molar-refractivity contribution in [2.24, 2.45) is 0 Å². The van der Waals surface area contributed by atoms with E-state index in [0.29, 0.717) is 7.35 Å². The molecule has 0 nitrogen and oxygen atoms in total. The van der Waals surface area contributed by atoms with E-state index in [4.69, 9.17) is 0 Å². The van der Waals surface area contributed by atoms with Crippen molar-refractivity contribution in [3.05, 3.63) is 131 Å². The van der Waals surface area contributed by atoms with Gasteiger partial charge in [0, 0.05) is 0 Å². The Morgan fingerprint density at radius 1 is 0.500 bits per heavy atom. The summed E-state index contributed by atoms with van der Waals surface area (Å²) in [7, 11) is 0. The third-order valence-electron chi connectivity index (χ3n) is 13.3. The Morgan fingerprint density at radius 3 is 1.30 bits per heavy atom. The Hall–Kier alpha value is -2.55. The van der Waals surface area contributed by atoms with Crippen molar-refractivity contribution in [3.63, 3.8) is 0 Å². The minimum atomic E-state index is -5.12. The summed E-state index contributed by atoms with van der Waals surface area (Å²) >= 11 is -5.12. The van der Waals surface area contributed by atoms with Gasteiger partial charge in [0.1, 0.15) is 0 Å². The van der Waals surface area contributed by atoms with Gasteiger partial charge in [0.05, 0.1) is 0 Å². The zero-order valence-electron chi connectivity index (χ0n) is 29.0. The Kier molecular flexibility index (Phi) is 8.59. The maximum atomic E-state index is 2.97. The summed E-state index contributed by atoms with van der Waals surface area (Å²) in [5.74, 6) is 0. The Labute approximate surface area is 275 Å². The van der Waals surface area contributed by atoms with Gasteiger partial charge in [0.2, 0.25) is 0 Å². The predicted molar refractivity (Wildman–Crippen MR) is 205 cm³/mol. The number of rotatable bonds is 14. The summed E-state index contributed by atoms with van der Waals surface area (Å²) in [6, 6.07) is 36.6. The van der Waals surface area contributed by atoms with Crippen molar-refractivity contribution >= 4 is 19.1 Å². The minimum absolute atomic E-state index is 0.463. The number of unbranched alkanes of at least 4 members (excludes halogenated alkanes) is 6. The van der Waals surface area contributed by atoms with Crippen LogP contribution in [0.5, 0.6) is 0 Å². The van der Waals surface area contributed by atoms with Crippen LogP contribution < -0.4 is 0 Å². The SMILES string of the molecule is CCCCC[CH2][Hf]([CH3])([CH3])(=[SiH2])([CH2]CCCCC)([CH]1C=Cc2c(-c3ccccc3)cccc21)[CH]1C=Cc2c(-c3ccccc3)cccc21. The second kappa shape index (κ2) is 11.8. The summed E-state index contributed by atoms with van der Waals surface area (Å²) in [5, 5.41) is 0. The number of allylic oxidation sites excluding steroid dienone is 2. The van der Waals surface area contributed by atoms with Crippen LogP contribution >= 0.6 is 0 Å². The fourth-order valence-corrected chi connectivity index (χ4v) is 60.0. The van der Waals surface area contributed by atoms with Crippen LogP contribution in [0.1, 0.15) is 94.8 Å². The molecule has 2 atom stereocenters. The Balaban J connectivity index is 1.61. The van der Waals surface area contributed by atoms with E-state index in [1.54, 1.807) is 11.1 Å². The molecule has 0 heterocycles. The average Bonchev–Trinajstić information content (AvgIpc) is 3.74. The van der Waals surface area contributed by atoms with E-state index >= 15 is 0 Å². The van der Waals surface area contributed by atoms with Crippen molar-refractivity contribution < 1.29 is 14.2 Å². The molecular weight excluding hydrogens is 735 g/mol. The third kappa shape index (κ3) is 5.46. The molecule has 6 rings (SSSR count). The van der Waals surface area contributed by atoms with Gasteiger partial charge in [-0.15, -0.1) is 0 Å². The number of fused-ring (bicyclic) bond motifs is 2. The summed E-state index contributed by atoms with van der Waals surface area (Å²) < 4.78 is 9.62. The van der Waals surface area contributed by atoms with Crippen LogP contribution in [-0.2, 0) is 14.2 Å². The summed E-state index contributed by atoms with van der Waals surface area (Å²) in [5.41, 5.74) is 11.6. The van der Waals surface area contributed by atoms with E-state index in [2.05, 4.69) is 152 Å². The fraction of sp³-hybridized carbons (Fsp3) is 0.364. The number of hydrogen-bond donors (Lipinski definition) is 0. The van der Waals surface area contributed by atoms with E-state index in [0.717, 1.165) is 0 Å². The van der Waals surface area contributed by atoms with Crippen LogP contribution in [0.25, 0.3) is 34.4 Å². The molecule has 2 heteroatoms. The molecule has 0 N–H and O–H groups in total. The Morgan fingerprint density at radius 2 is 0.913 bits per heavy atom. The van der Waals surface area contributed by atoms with Gasteiger partial charge in [-0.1, -0.05) is 0 Å². The van der Waals surface area contributed by atoms with E-state index in [9.17, 15) is 0 Å². The molecule has 240 valence electrons. The molecule has 0 aromatic heterocycles. The van der Waals surface area contributed by atoms with Crippen LogP contribution in [0, 0.1) is 0 Å². The van der Waals surface area contributed by atoms with E-state index < -0.39 is 14.2 Å². The first-order valence-corrected chi connectivity index (χ1v) is 43.1. The van der Waals surface area contributed by atoms with Crippen LogP contribution in [0.3, 0.4) is 0 Å². The third-order valence-corrected chi connectivity index (χ3v) is 69.9. The van der Waals surface area contributed by atoms with Crippen LogP contribution in [0.15, 0.2) is 109 Å². The maximum absolute atomic E-state index is 5.12. The van der Waals surface area contributed by atoms with Gasteiger partial charge in [-0.25, -0.2) is 0 Å². The molecule has 0 saturated heterocycles. The molecule has 2 aliphatic carbocycles. The molecule has 4 aromatic rings. The number of benzene rings is 4. The second-order valence-corrected chi connectivity index (χ2v) is 94.6.